The molecule has 116 valence electrons. The van der Waals surface area contributed by atoms with Gasteiger partial charge in [-0.15, -0.1) is 0 Å². The maximum Gasteiger partial charge on any atom is 0.243 e. The first kappa shape index (κ1) is 18.4. The topological polar surface area (TPSA) is 101 Å². The minimum Gasteiger partial charge on any atom is -0.368 e. The van der Waals surface area contributed by atoms with Crippen molar-refractivity contribution in [2.24, 2.45) is 11.7 Å². The lowest BCUT2D eigenvalue weighted by molar-refractivity contribution is -0.131. The number of hydrogen-bond donors (Lipinski definition) is 3. The van der Waals surface area contributed by atoms with E-state index in [2.05, 4.69) is 10.6 Å². The summed E-state index contributed by atoms with van der Waals surface area (Å²) in [6, 6.07) is -1.32. The van der Waals surface area contributed by atoms with Crippen LogP contribution in [-0.4, -0.2) is 29.8 Å². The fraction of sp³-hybridized carbons (Fsp3) is 0.786. The van der Waals surface area contributed by atoms with Crippen LogP contribution in [0.3, 0.4) is 0 Å². The Morgan fingerprint density at radius 2 is 1.75 bits per heavy atom. The fourth-order valence-corrected chi connectivity index (χ4v) is 1.91. The van der Waals surface area contributed by atoms with Crippen LogP contribution in [0, 0.1) is 5.92 Å². The van der Waals surface area contributed by atoms with Gasteiger partial charge >= 0.3 is 0 Å². The Bertz CT molecular complexity index is 345. The molecule has 0 fully saturated rings. The molecule has 6 heteroatoms. The van der Waals surface area contributed by atoms with Gasteiger partial charge in [0.15, 0.2) is 0 Å². The molecule has 0 unspecified atom stereocenters. The third-order valence-corrected chi connectivity index (χ3v) is 3.36. The highest BCUT2D eigenvalue weighted by atomic mass is 16.2. The van der Waals surface area contributed by atoms with Crippen LogP contribution < -0.4 is 16.4 Å². The minimum atomic E-state index is -0.703. The highest BCUT2D eigenvalue weighted by Gasteiger charge is 2.27. The van der Waals surface area contributed by atoms with Crippen molar-refractivity contribution in [2.75, 3.05) is 0 Å². The maximum atomic E-state index is 12.2. The van der Waals surface area contributed by atoms with Gasteiger partial charge in [0, 0.05) is 6.92 Å². The quantitative estimate of drug-likeness (QED) is 0.581. The Morgan fingerprint density at radius 1 is 1.15 bits per heavy atom. The number of amides is 3. The van der Waals surface area contributed by atoms with Crippen molar-refractivity contribution in [2.45, 2.75) is 65.5 Å². The van der Waals surface area contributed by atoms with Crippen LogP contribution in [0.25, 0.3) is 0 Å². The molecule has 0 spiro atoms. The van der Waals surface area contributed by atoms with E-state index in [9.17, 15) is 14.4 Å². The summed E-state index contributed by atoms with van der Waals surface area (Å²) >= 11 is 0. The highest BCUT2D eigenvalue weighted by molar-refractivity contribution is 5.91. The summed E-state index contributed by atoms with van der Waals surface area (Å²) in [4.78, 5) is 34.7. The summed E-state index contributed by atoms with van der Waals surface area (Å²) in [5.41, 5.74) is 5.32. The molecule has 0 radical (unpaired) electrons. The molecule has 4 N–H and O–H groups in total. The summed E-state index contributed by atoms with van der Waals surface area (Å²) in [6.07, 6.45) is 3.03. The smallest absolute Gasteiger partial charge is 0.243 e. The maximum absolute atomic E-state index is 12.2. The van der Waals surface area contributed by atoms with E-state index in [1.165, 1.54) is 6.92 Å². The van der Waals surface area contributed by atoms with Crippen LogP contribution in [0.15, 0.2) is 0 Å². The Labute approximate surface area is 120 Å². The first-order valence-electron chi connectivity index (χ1n) is 7.20. The molecule has 20 heavy (non-hydrogen) atoms. The van der Waals surface area contributed by atoms with E-state index in [1.807, 2.05) is 20.8 Å². The van der Waals surface area contributed by atoms with Gasteiger partial charge in [0.1, 0.15) is 12.1 Å². The zero-order chi connectivity index (χ0) is 15.7. The van der Waals surface area contributed by atoms with Crippen molar-refractivity contribution in [1.82, 2.24) is 10.6 Å². The molecule has 0 rings (SSSR count). The number of primary amides is 1. The van der Waals surface area contributed by atoms with Crippen molar-refractivity contribution in [3.63, 3.8) is 0 Å². The zero-order valence-corrected chi connectivity index (χ0v) is 12.9. The van der Waals surface area contributed by atoms with E-state index in [0.29, 0.717) is 6.42 Å². The van der Waals surface area contributed by atoms with Gasteiger partial charge in [0.05, 0.1) is 0 Å². The van der Waals surface area contributed by atoms with Crippen molar-refractivity contribution >= 4 is 17.7 Å². The largest absolute Gasteiger partial charge is 0.368 e. The average Bonchev–Trinajstić information content (AvgIpc) is 2.38. The van der Waals surface area contributed by atoms with Crippen molar-refractivity contribution < 1.29 is 14.4 Å². The molecule has 0 bridgehead atoms. The third-order valence-electron chi connectivity index (χ3n) is 3.36. The molecule has 0 heterocycles. The molecule has 3 amide bonds. The number of rotatable bonds is 9. The molecule has 0 aliphatic heterocycles. The Balaban J connectivity index is 4.77. The first-order valence-corrected chi connectivity index (χ1v) is 7.20. The number of nitrogens with one attached hydrogen (secondary N) is 2. The van der Waals surface area contributed by atoms with Gasteiger partial charge in [-0.05, 0) is 12.3 Å². The van der Waals surface area contributed by atoms with E-state index < -0.39 is 18.0 Å². The summed E-state index contributed by atoms with van der Waals surface area (Å²) in [5, 5.41) is 5.27. The van der Waals surface area contributed by atoms with Crippen molar-refractivity contribution in [1.29, 1.82) is 0 Å². The normalized spacial score (nSPS) is 15.0. The van der Waals surface area contributed by atoms with Crippen LogP contribution in [-0.2, 0) is 14.4 Å². The Kier molecular flexibility index (Phi) is 8.59. The predicted molar refractivity (Wildman–Crippen MR) is 77.7 cm³/mol. The van der Waals surface area contributed by atoms with Crippen molar-refractivity contribution in [3.8, 4) is 0 Å². The second-order valence-electron chi connectivity index (χ2n) is 5.17. The molecule has 0 aromatic carbocycles. The highest BCUT2D eigenvalue weighted by Crippen LogP contribution is 2.09. The zero-order valence-electron chi connectivity index (χ0n) is 12.9. The average molecular weight is 285 g/mol. The van der Waals surface area contributed by atoms with Crippen LogP contribution in [0.4, 0.5) is 0 Å². The first-order chi connectivity index (χ1) is 9.33. The van der Waals surface area contributed by atoms with Crippen LogP contribution in [0.5, 0.6) is 0 Å². The molecular formula is C14H27N3O3. The molecule has 3 atom stereocenters. The van der Waals surface area contributed by atoms with E-state index in [-0.39, 0.29) is 17.7 Å². The van der Waals surface area contributed by atoms with E-state index in [0.717, 1.165) is 19.3 Å². The lowest BCUT2D eigenvalue weighted by atomic mass is 9.98. The number of hydrogen-bond acceptors (Lipinski definition) is 3. The van der Waals surface area contributed by atoms with Gasteiger partial charge in [-0.25, -0.2) is 0 Å². The van der Waals surface area contributed by atoms with Gasteiger partial charge in [-0.3, -0.25) is 14.4 Å². The van der Waals surface area contributed by atoms with Crippen LogP contribution >= 0.6 is 0 Å². The monoisotopic (exact) mass is 285 g/mol. The second kappa shape index (κ2) is 9.34. The fourth-order valence-electron chi connectivity index (χ4n) is 1.91. The number of carbonyl (C=O) groups is 3. The van der Waals surface area contributed by atoms with Crippen LogP contribution in [0.1, 0.15) is 53.4 Å². The predicted octanol–water partition coefficient (Wildman–Crippen LogP) is 0.698. The van der Waals surface area contributed by atoms with E-state index in [1.54, 1.807) is 0 Å². The summed E-state index contributed by atoms with van der Waals surface area (Å²) in [5.74, 6) is -1.21. The minimum absolute atomic E-state index is 0.0411. The summed E-state index contributed by atoms with van der Waals surface area (Å²) in [6.45, 7) is 7.16. The summed E-state index contributed by atoms with van der Waals surface area (Å²) < 4.78 is 0. The molecule has 6 nitrogen and oxygen atoms in total. The lowest BCUT2D eigenvalue weighted by Gasteiger charge is -2.24. The Hall–Kier alpha value is -1.59. The molecule has 0 saturated heterocycles. The van der Waals surface area contributed by atoms with E-state index >= 15 is 0 Å². The number of carbonyl (C=O) groups excluding carboxylic acids is 3. The number of nitrogens with two attached hydrogens (primary N) is 1. The van der Waals surface area contributed by atoms with Gasteiger partial charge in [0.2, 0.25) is 17.7 Å². The second-order valence-corrected chi connectivity index (χ2v) is 5.17. The molecule has 0 aromatic heterocycles. The Morgan fingerprint density at radius 3 is 2.15 bits per heavy atom. The van der Waals surface area contributed by atoms with Crippen molar-refractivity contribution in [3.05, 3.63) is 0 Å². The van der Waals surface area contributed by atoms with Gasteiger partial charge in [-0.1, -0.05) is 40.0 Å². The van der Waals surface area contributed by atoms with Gasteiger partial charge < -0.3 is 16.4 Å². The molecule has 0 aromatic rings. The molecule has 0 aliphatic carbocycles. The van der Waals surface area contributed by atoms with Gasteiger partial charge in [-0.2, -0.15) is 0 Å². The van der Waals surface area contributed by atoms with Gasteiger partial charge in [0.25, 0.3) is 0 Å². The third kappa shape index (κ3) is 6.54. The molecule has 0 saturated carbocycles. The number of unbranched alkanes of at least 4 members (excludes halogenated alkanes) is 1. The molecule has 0 aliphatic rings. The standard InChI is InChI=1S/C14H27N3O3/c1-5-7-8-11(16-10(4)18)14(20)17-12(13(15)19)9(3)6-2/h9,11-12H,5-8H2,1-4H3,(H2,15,19)(H,16,18)(H,17,20)/t9-,11-,12-/m0/s1. The van der Waals surface area contributed by atoms with Crippen LogP contribution in [0.2, 0.25) is 0 Å². The summed E-state index contributed by atoms with van der Waals surface area (Å²) in [7, 11) is 0. The van der Waals surface area contributed by atoms with E-state index in [4.69, 9.17) is 5.73 Å². The molecular weight excluding hydrogens is 258 g/mol. The lowest BCUT2D eigenvalue weighted by Crippen LogP contribution is -2.54. The SMILES string of the molecule is CCCC[C@H](NC(C)=O)C(=O)N[C@H](C(N)=O)[C@@H](C)CC.